The van der Waals surface area contributed by atoms with Gasteiger partial charge in [0.15, 0.2) is 6.29 Å². The smallest absolute Gasteiger partial charge is 0.220 e. The van der Waals surface area contributed by atoms with Crippen molar-refractivity contribution in [2.24, 2.45) is 0 Å². The Morgan fingerprint density at radius 1 is 0.611 bits per heavy atom. The number of amides is 1. The number of rotatable bonds is 38. The lowest BCUT2D eigenvalue weighted by atomic mass is 9.99. The molecule has 1 rings (SSSR count). The summed E-state index contributed by atoms with van der Waals surface area (Å²) in [4.78, 5) is 12.9. The number of aliphatic hydroxyl groups excluding tert-OH is 5. The van der Waals surface area contributed by atoms with E-state index in [1.54, 1.807) is 6.08 Å². The van der Waals surface area contributed by atoms with Gasteiger partial charge in [-0.3, -0.25) is 4.79 Å². The zero-order valence-electron chi connectivity index (χ0n) is 35.0. The second kappa shape index (κ2) is 36.3. The van der Waals surface area contributed by atoms with E-state index in [4.69, 9.17) is 9.47 Å². The average Bonchev–Trinajstić information content (AvgIpc) is 3.17. The molecule has 9 heteroatoms. The molecule has 0 spiro atoms. The fraction of sp³-hybridized carbons (Fsp3) is 0.933. The summed E-state index contributed by atoms with van der Waals surface area (Å²) >= 11 is 0. The minimum Gasteiger partial charge on any atom is -0.394 e. The summed E-state index contributed by atoms with van der Waals surface area (Å²) in [7, 11) is 0. The van der Waals surface area contributed by atoms with Gasteiger partial charge in [0.05, 0.1) is 25.4 Å². The van der Waals surface area contributed by atoms with E-state index in [1.807, 2.05) is 6.08 Å². The molecule has 0 saturated carbocycles. The van der Waals surface area contributed by atoms with E-state index in [1.165, 1.54) is 154 Å². The number of hydrogen-bond acceptors (Lipinski definition) is 8. The third-order valence-corrected chi connectivity index (χ3v) is 11.1. The molecule has 1 saturated heterocycles. The Bertz CT molecular complexity index is 858. The number of ether oxygens (including phenoxy) is 2. The predicted octanol–water partition coefficient (Wildman–Crippen LogP) is 9.34. The minimum absolute atomic E-state index is 0.176. The second-order valence-corrected chi connectivity index (χ2v) is 16.2. The highest BCUT2D eigenvalue weighted by Gasteiger charge is 2.44. The fourth-order valence-corrected chi connectivity index (χ4v) is 7.39. The van der Waals surface area contributed by atoms with Crippen LogP contribution in [0, 0.1) is 0 Å². The molecule has 6 N–H and O–H groups in total. The van der Waals surface area contributed by atoms with Gasteiger partial charge in [0.25, 0.3) is 0 Å². The van der Waals surface area contributed by atoms with Crippen LogP contribution in [0.1, 0.15) is 213 Å². The van der Waals surface area contributed by atoms with Gasteiger partial charge >= 0.3 is 0 Å². The topological polar surface area (TPSA) is 149 Å². The largest absolute Gasteiger partial charge is 0.394 e. The third kappa shape index (κ3) is 26.7. The van der Waals surface area contributed by atoms with Crippen molar-refractivity contribution in [3.05, 3.63) is 12.2 Å². The number of nitrogens with one attached hydrogen (secondary N) is 1. The van der Waals surface area contributed by atoms with Crippen molar-refractivity contribution in [1.82, 2.24) is 5.32 Å². The summed E-state index contributed by atoms with van der Waals surface area (Å²) in [5.74, 6) is -0.176. The quantitative estimate of drug-likeness (QED) is 0.0269. The first-order valence-corrected chi connectivity index (χ1v) is 22.9. The lowest BCUT2D eigenvalue weighted by Gasteiger charge is -2.40. The Morgan fingerprint density at radius 2 is 1.02 bits per heavy atom. The maximum absolute atomic E-state index is 12.9. The van der Waals surface area contributed by atoms with Crippen molar-refractivity contribution in [2.45, 2.75) is 256 Å². The molecule has 1 aliphatic heterocycles. The van der Waals surface area contributed by atoms with Gasteiger partial charge in [0.2, 0.25) is 5.91 Å². The number of carbonyl (C=O) groups excluding carboxylic acids is 1. The summed E-state index contributed by atoms with van der Waals surface area (Å²) in [6.45, 7) is 3.77. The molecule has 0 aromatic rings. The first kappa shape index (κ1) is 50.9. The minimum atomic E-state index is -1.56. The van der Waals surface area contributed by atoms with Crippen molar-refractivity contribution in [1.29, 1.82) is 0 Å². The molecule has 0 bridgehead atoms. The highest BCUT2D eigenvalue weighted by molar-refractivity contribution is 5.76. The predicted molar refractivity (Wildman–Crippen MR) is 221 cm³/mol. The summed E-state index contributed by atoms with van der Waals surface area (Å²) in [6.07, 6.45) is 34.0. The van der Waals surface area contributed by atoms with Gasteiger partial charge in [-0.1, -0.05) is 199 Å². The zero-order chi connectivity index (χ0) is 39.5. The van der Waals surface area contributed by atoms with Gasteiger partial charge in [-0.05, 0) is 19.3 Å². The van der Waals surface area contributed by atoms with Crippen LogP contribution in [0.25, 0.3) is 0 Å². The normalized spacial score (nSPS) is 21.5. The van der Waals surface area contributed by atoms with Crippen molar-refractivity contribution in [2.75, 3.05) is 13.2 Å². The molecule has 320 valence electrons. The Kier molecular flexibility index (Phi) is 34.2. The standard InChI is InChI=1S/C45H87NO8/c1-3-5-7-9-11-13-15-17-18-19-20-21-22-23-24-26-28-30-32-34-39(48)38(37-53-45-44(52)43(51)42(50)40(36-47)54-45)46-41(49)35-33-31-29-27-25-16-14-12-10-8-6-4-2/h32,34,38-40,42-45,47-48,50-52H,3-31,33,35-37H2,1-2H3,(H,46,49)/b34-32+. The monoisotopic (exact) mass is 770 g/mol. The first-order chi connectivity index (χ1) is 26.3. The number of hydrogen-bond donors (Lipinski definition) is 6. The summed E-state index contributed by atoms with van der Waals surface area (Å²) in [5.41, 5.74) is 0. The van der Waals surface area contributed by atoms with Gasteiger partial charge < -0.3 is 40.3 Å². The van der Waals surface area contributed by atoms with E-state index in [9.17, 15) is 30.3 Å². The number of carbonyl (C=O) groups is 1. The molecule has 9 nitrogen and oxygen atoms in total. The Balaban J connectivity index is 2.34. The first-order valence-electron chi connectivity index (χ1n) is 22.9. The molecule has 7 atom stereocenters. The van der Waals surface area contributed by atoms with Crippen molar-refractivity contribution < 1.29 is 39.8 Å². The molecule has 1 amide bonds. The molecule has 0 aromatic carbocycles. The van der Waals surface area contributed by atoms with Crippen LogP contribution in [0.5, 0.6) is 0 Å². The Morgan fingerprint density at radius 3 is 1.44 bits per heavy atom. The molecule has 1 aliphatic rings. The summed E-state index contributed by atoms with van der Waals surface area (Å²) in [5, 5.41) is 54.1. The molecule has 0 aliphatic carbocycles. The molecule has 54 heavy (non-hydrogen) atoms. The van der Waals surface area contributed by atoms with E-state index in [2.05, 4.69) is 19.2 Å². The van der Waals surface area contributed by atoms with E-state index in [0.29, 0.717) is 6.42 Å². The molecular formula is C45H87NO8. The second-order valence-electron chi connectivity index (χ2n) is 16.2. The maximum Gasteiger partial charge on any atom is 0.220 e. The van der Waals surface area contributed by atoms with E-state index < -0.39 is 49.5 Å². The Hall–Kier alpha value is -1.07. The fourth-order valence-electron chi connectivity index (χ4n) is 7.39. The van der Waals surface area contributed by atoms with Gasteiger partial charge in [0.1, 0.15) is 24.4 Å². The highest BCUT2D eigenvalue weighted by atomic mass is 16.7. The van der Waals surface area contributed by atoms with Gasteiger partial charge in [-0.2, -0.15) is 0 Å². The molecule has 1 heterocycles. The summed E-state index contributed by atoms with van der Waals surface area (Å²) < 4.78 is 11.2. The van der Waals surface area contributed by atoms with Crippen LogP contribution >= 0.6 is 0 Å². The number of aliphatic hydroxyl groups is 5. The van der Waals surface area contributed by atoms with Crippen molar-refractivity contribution in [3.63, 3.8) is 0 Å². The van der Waals surface area contributed by atoms with Crippen LogP contribution in [0.4, 0.5) is 0 Å². The SMILES string of the molecule is CCCCCCCCCCCCCCCCCCC/C=C/C(O)C(COC1OC(CO)C(O)C(O)C1O)NC(=O)CCCCCCCCCCCCCC. The molecule has 0 radical (unpaired) electrons. The van der Waals surface area contributed by atoms with Gasteiger partial charge in [0, 0.05) is 6.42 Å². The van der Waals surface area contributed by atoms with Crippen LogP contribution in [0.15, 0.2) is 12.2 Å². The molecule has 0 aromatic heterocycles. The maximum atomic E-state index is 12.9. The third-order valence-electron chi connectivity index (χ3n) is 11.1. The van der Waals surface area contributed by atoms with Crippen LogP contribution < -0.4 is 5.32 Å². The summed E-state index contributed by atoms with van der Waals surface area (Å²) in [6, 6.07) is -0.797. The van der Waals surface area contributed by atoms with Crippen LogP contribution in [-0.4, -0.2) is 87.5 Å². The van der Waals surface area contributed by atoms with E-state index in [0.717, 1.165) is 38.5 Å². The van der Waals surface area contributed by atoms with Gasteiger partial charge in [-0.25, -0.2) is 0 Å². The van der Waals surface area contributed by atoms with Crippen LogP contribution in [-0.2, 0) is 14.3 Å². The van der Waals surface area contributed by atoms with Gasteiger partial charge in [-0.15, -0.1) is 0 Å². The Labute approximate surface area is 331 Å². The molecular weight excluding hydrogens is 682 g/mol. The lowest BCUT2D eigenvalue weighted by Crippen LogP contribution is -2.60. The molecule has 7 unspecified atom stereocenters. The zero-order valence-corrected chi connectivity index (χ0v) is 35.0. The van der Waals surface area contributed by atoms with E-state index in [-0.39, 0.29) is 12.5 Å². The van der Waals surface area contributed by atoms with E-state index >= 15 is 0 Å². The van der Waals surface area contributed by atoms with Crippen LogP contribution in [0.2, 0.25) is 0 Å². The van der Waals surface area contributed by atoms with Crippen LogP contribution in [0.3, 0.4) is 0 Å². The van der Waals surface area contributed by atoms with Crippen molar-refractivity contribution in [3.8, 4) is 0 Å². The lowest BCUT2D eigenvalue weighted by molar-refractivity contribution is -0.302. The van der Waals surface area contributed by atoms with Crippen molar-refractivity contribution >= 4 is 5.91 Å². The average molecular weight is 770 g/mol. The highest BCUT2D eigenvalue weighted by Crippen LogP contribution is 2.23. The number of allylic oxidation sites excluding steroid dienone is 1. The number of unbranched alkanes of at least 4 members (excludes halogenated alkanes) is 28. The molecule has 1 fully saturated rings.